The Morgan fingerprint density at radius 1 is 1.32 bits per heavy atom. The fourth-order valence-corrected chi connectivity index (χ4v) is 5.36. The molecule has 2 aromatic rings. The van der Waals surface area contributed by atoms with Crippen molar-refractivity contribution in [2.45, 2.75) is 64.0 Å². The lowest BCUT2D eigenvalue weighted by Crippen LogP contribution is -2.53. The molecule has 3 N–H and O–H groups in total. The molecule has 2 heterocycles. The minimum Gasteiger partial charge on any atom is -0.464 e. The molecule has 2 amide bonds. The fourth-order valence-electron chi connectivity index (χ4n) is 5.36. The number of hydrogen-bond donors (Lipinski definition) is 3. The van der Waals surface area contributed by atoms with Crippen LogP contribution in [0.5, 0.6) is 0 Å². The van der Waals surface area contributed by atoms with Crippen LogP contribution in [0.2, 0.25) is 0 Å². The van der Waals surface area contributed by atoms with Gasteiger partial charge in [-0.1, -0.05) is 32.0 Å². The zero-order valence-corrected chi connectivity index (χ0v) is 21.3. The molecule has 0 spiro atoms. The summed E-state index contributed by atoms with van der Waals surface area (Å²) >= 11 is 0. The number of ether oxygens (including phenoxy) is 1. The van der Waals surface area contributed by atoms with E-state index >= 15 is 0 Å². The molecule has 1 aromatic heterocycles. The predicted octanol–water partition coefficient (Wildman–Crippen LogP) is 4.49. The molecule has 34 heavy (non-hydrogen) atoms. The lowest BCUT2D eigenvalue weighted by atomic mass is 9.73. The molecule has 1 fully saturated rings. The average Bonchev–Trinajstić information content (AvgIpc) is 3.30. The van der Waals surface area contributed by atoms with E-state index in [1.807, 2.05) is 36.2 Å². The lowest BCUT2D eigenvalue weighted by Gasteiger charge is -2.43. The zero-order chi connectivity index (χ0) is 24.6. The topological polar surface area (TPSA) is 87.0 Å². The Balaban J connectivity index is 1.80. The quantitative estimate of drug-likeness (QED) is 0.395. The number of benzene rings is 1. The number of likely N-dealkylation sites (tertiary alicyclic amines) is 1. The van der Waals surface area contributed by atoms with Gasteiger partial charge in [-0.05, 0) is 57.6 Å². The van der Waals surface area contributed by atoms with Gasteiger partial charge in [-0.2, -0.15) is 0 Å². The number of nitrogens with zero attached hydrogens (tertiary/aromatic N) is 1. The van der Waals surface area contributed by atoms with Crippen LogP contribution >= 0.6 is 0 Å². The SMILES string of the molecule is CNCC(CC(C)C)NC(=O)N1CCCC(C(O)(CCCCOC)c2cccc3ccoc23)C1. The predicted molar refractivity (Wildman–Crippen MR) is 136 cm³/mol. The normalized spacial score (nSPS) is 19.4. The Morgan fingerprint density at radius 3 is 2.88 bits per heavy atom. The molecule has 3 atom stereocenters. The monoisotopic (exact) mass is 473 g/mol. The summed E-state index contributed by atoms with van der Waals surface area (Å²) in [4.78, 5) is 15.1. The van der Waals surface area contributed by atoms with Gasteiger partial charge in [-0.25, -0.2) is 4.79 Å². The molecular weight excluding hydrogens is 430 g/mol. The summed E-state index contributed by atoms with van der Waals surface area (Å²) in [6.45, 7) is 6.99. The first-order chi connectivity index (χ1) is 16.4. The first-order valence-corrected chi connectivity index (χ1v) is 12.8. The molecule has 3 unspecified atom stereocenters. The number of piperidine rings is 1. The third kappa shape index (κ3) is 6.52. The van der Waals surface area contributed by atoms with Crippen molar-refractivity contribution in [1.29, 1.82) is 0 Å². The van der Waals surface area contributed by atoms with Crippen LogP contribution in [0.4, 0.5) is 4.79 Å². The number of rotatable bonds is 12. The number of urea groups is 1. The van der Waals surface area contributed by atoms with Gasteiger partial charge in [0.2, 0.25) is 0 Å². The molecule has 1 aromatic carbocycles. The minimum absolute atomic E-state index is 0.0384. The molecule has 7 nitrogen and oxygen atoms in total. The van der Waals surface area contributed by atoms with Gasteiger partial charge in [0.15, 0.2) is 0 Å². The van der Waals surface area contributed by atoms with Crippen molar-refractivity contribution >= 4 is 17.0 Å². The van der Waals surface area contributed by atoms with E-state index in [-0.39, 0.29) is 18.0 Å². The van der Waals surface area contributed by atoms with E-state index in [0.717, 1.165) is 55.2 Å². The van der Waals surface area contributed by atoms with Crippen molar-refractivity contribution in [3.8, 4) is 0 Å². The highest BCUT2D eigenvalue weighted by Crippen LogP contribution is 2.42. The zero-order valence-electron chi connectivity index (χ0n) is 21.3. The maximum absolute atomic E-state index is 13.2. The van der Waals surface area contributed by atoms with Crippen molar-refractivity contribution in [1.82, 2.24) is 15.5 Å². The molecule has 1 aliphatic heterocycles. The maximum atomic E-state index is 13.2. The van der Waals surface area contributed by atoms with Crippen molar-refractivity contribution < 1.29 is 19.1 Å². The van der Waals surface area contributed by atoms with E-state index in [2.05, 4.69) is 24.5 Å². The van der Waals surface area contributed by atoms with E-state index in [4.69, 9.17) is 9.15 Å². The standard InChI is InChI=1S/C27H43N3O4/c1-20(2)17-23(18-28-3)29-26(31)30-14-8-10-22(19-30)27(32,13-5-6-15-33-4)24-11-7-9-21-12-16-34-25(21)24/h7,9,11-12,16,20,22-23,28,32H,5-6,8,10,13-15,17-19H2,1-4H3,(H,29,31). The average molecular weight is 474 g/mol. The number of furan rings is 1. The Morgan fingerprint density at radius 2 is 2.15 bits per heavy atom. The maximum Gasteiger partial charge on any atom is 0.317 e. The number of para-hydroxylation sites is 1. The van der Waals surface area contributed by atoms with Crippen molar-refractivity contribution in [2.24, 2.45) is 11.8 Å². The second-order valence-electron chi connectivity index (χ2n) is 10.1. The number of amides is 2. The molecule has 1 saturated heterocycles. The van der Waals surface area contributed by atoms with Gasteiger partial charge < -0.3 is 29.8 Å². The summed E-state index contributed by atoms with van der Waals surface area (Å²) < 4.78 is 11.1. The van der Waals surface area contributed by atoms with Crippen LogP contribution < -0.4 is 10.6 Å². The fraction of sp³-hybridized carbons (Fsp3) is 0.667. The molecule has 3 rings (SSSR count). The van der Waals surface area contributed by atoms with Crippen LogP contribution in [0.3, 0.4) is 0 Å². The summed E-state index contributed by atoms with van der Waals surface area (Å²) in [5, 5.41) is 19.6. The van der Waals surface area contributed by atoms with Crippen LogP contribution in [-0.2, 0) is 10.3 Å². The van der Waals surface area contributed by atoms with Crippen molar-refractivity contribution in [2.75, 3.05) is 40.4 Å². The van der Waals surface area contributed by atoms with Gasteiger partial charge >= 0.3 is 6.03 Å². The smallest absolute Gasteiger partial charge is 0.317 e. The molecule has 0 bridgehead atoms. The van der Waals surface area contributed by atoms with Crippen molar-refractivity contribution in [3.05, 3.63) is 36.1 Å². The Labute approximate surface area is 204 Å². The van der Waals surface area contributed by atoms with Crippen LogP contribution in [0.25, 0.3) is 11.0 Å². The first kappa shape index (κ1) is 26.5. The highest BCUT2D eigenvalue weighted by molar-refractivity contribution is 5.81. The summed E-state index contributed by atoms with van der Waals surface area (Å²) in [5.74, 6) is 0.428. The van der Waals surface area contributed by atoms with E-state index in [9.17, 15) is 9.90 Å². The number of carbonyl (C=O) groups excluding carboxylic acids is 1. The second kappa shape index (κ2) is 12.6. The summed E-state index contributed by atoms with van der Waals surface area (Å²) in [6.07, 6.45) is 6.66. The number of methoxy groups -OCH3 is 1. The molecule has 0 aliphatic carbocycles. The highest BCUT2D eigenvalue weighted by Gasteiger charge is 2.42. The molecule has 7 heteroatoms. The minimum atomic E-state index is -1.08. The number of nitrogens with one attached hydrogen (secondary N) is 2. The van der Waals surface area contributed by atoms with Gasteiger partial charge in [0.1, 0.15) is 5.58 Å². The largest absolute Gasteiger partial charge is 0.464 e. The Hall–Kier alpha value is -2.09. The molecule has 0 saturated carbocycles. The van der Waals surface area contributed by atoms with E-state index in [1.54, 1.807) is 13.4 Å². The number of fused-ring (bicyclic) bond motifs is 1. The van der Waals surface area contributed by atoms with Gasteiger partial charge in [0, 0.05) is 56.3 Å². The molecule has 0 radical (unpaired) electrons. The summed E-state index contributed by atoms with van der Waals surface area (Å²) in [6, 6.07) is 7.94. The number of hydrogen-bond acceptors (Lipinski definition) is 5. The summed E-state index contributed by atoms with van der Waals surface area (Å²) in [7, 11) is 3.61. The third-order valence-electron chi connectivity index (χ3n) is 7.02. The number of likely N-dealkylation sites (N-methyl/N-ethyl adjacent to an activating group) is 1. The van der Waals surface area contributed by atoms with E-state index in [1.165, 1.54) is 0 Å². The third-order valence-corrected chi connectivity index (χ3v) is 7.02. The van der Waals surface area contributed by atoms with Gasteiger partial charge in [0.05, 0.1) is 11.9 Å². The number of carbonyl (C=O) groups is 1. The summed E-state index contributed by atoms with van der Waals surface area (Å²) in [5.41, 5.74) is 0.490. The molecular formula is C27H43N3O4. The second-order valence-corrected chi connectivity index (χ2v) is 10.1. The Bertz CT molecular complexity index is 899. The molecule has 1 aliphatic rings. The van der Waals surface area contributed by atoms with E-state index in [0.29, 0.717) is 32.0 Å². The number of aliphatic hydroxyl groups is 1. The highest BCUT2D eigenvalue weighted by atomic mass is 16.5. The van der Waals surface area contributed by atoms with Gasteiger partial charge in [-0.3, -0.25) is 0 Å². The van der Waals surface area contributed by atoms with Crippen LogP contribution in [0, 0.1) is 11.8 Å². The molecule has 190 valence electrons. The van der Waals surface area contributed by atoms with Crippen LogP contribution in [0.1, 0.15) is 57.9 Å². The van der Waals surface area contributed by atoms with Crippen molar-refractivity contribution in [3.63, 3.8) is 0 Å². The lowest BCUT2D eigenvalue weighted by molar-refractivity contribution is -0.0558. The van der Waals surface area contributed by atoms with Gasteiger partial charge in [0.25, 0.3) is 0 Å². The first-order valence-electron chi connectivity index (χ1n) is 12.8. The number of unbranched alkanes of at least 4 members (excludes halogenated alkanes) is 1. The van der Waals surface area contributed by atoms with Crippen LogP contribution in [0.15, 0.2) is 34.9 Å². The van der Waals surface area contributed by atoms with Gasteiger partial charge in [-0.15, -0.1) is 0 Å². The Kier molecular flexibility index (Phi) is 9.80. The van der Waals surface area contributed by atoms with E-state index < -0.39 is 5.60 Å². The van der Waals surface area contributed by atoms with Crippen LogP contribution in [-0.4, -0.2) is 62.5 Å².